The second-order valence-electron chi connectivity index (χ2n) is 8.94. The van der Waals surface area contributed by atoms with Crippen molar-refractivity contribution < 1.29 is 23.9 Å². The SMILES string of the molecule is CC(OC(=O)CNC(=O)c1ccc(C(C)(C)C)cc1)C(=O)NC(=O)NC1CCCCC1. The van der Waals surface area contributed by atoms with Gasteiger partial charge in [-0.25, -0.2) is 4.79 Å². The van der Waals surface area contributed by atoms with Gasteiger partial charge in [-0.3, -0.25) is 19.7 Å². The van der Waals surface area contributed by atoms with Gasteiger partial charge in [0, 0.05) is 11.6 Å². The molecule has 8 heteroatoms. The van der Waals surface area contributed by atoms with Gasteiger partial charge in [0.2, 0.25) is 0 Å². The van der Waals surface area contributed by atoms with E-state index in [0.29, 0.717) is 5.56 Å². The lowest BCUT2D eigenvalue weighted by atomic mass is 9.87. The minimum atomic E-state index is -1.16. The molecule has 0 aliphatic heterocycles. The molecule has 1 aromatic rings. The Bertz CT molecular complexity index is 792. The number of imide groups is 1. The third-order valence-corrected chi connectivity index (χ3v) is 5.26. The standard InChI is InChI=1S/C23H33N3O5/c1-15(20(28)26-22(30)25-18-8-6-5-7-9-18)31-19(27)14-24-21(29)16-10-12-17(13-11-16)23(2,3)4/h10-13,15,18H,5-9,14H2,1-4H3,(H,24,29)(H2,25,26,28,30). The van der Waals surface area contributed by atoms with Gasteiger partial charge in [0.1, 0.15) is 6.54 Å². The molecule has 1 saturated carbocycles. The van der Waals surface area contributed by atoms with E-state index < -0.39 is 29.9 Å². The Labute approximate surface area is 183 Å². The number of carbonyl (C=O) groups excluding carboxylic acids is 4. The van der Waals surface area contributed by atoms with Crippen molar-refractivity contribution in [2.45, 2.75) is 77.4 Å². The van der Waals surface area contributed by atoms with Crippen LogP contribution in [0.15, 0.2) is 24.3 Å². The lowest BCUT2D eigenvalue weighted by molar-refractivity contribution is -0.153. The maximum Gasteiger partial charge on any atom is 0.326 e. The zero-order valence-electron chi connectivity index (χ0n) is 18.7. The van der Waals surface area contributed by atoms with Crippen LogP contribution in [-0.4, -0.2) is 42.5 Å². The highest BCUT2D eigenvalue weighted by molar-refractivity contribution is 5.98. The zero-order chi connectivity index (χ0) is 23.0. The fourth-order valence-corrected chi connectivity index (χ4v) is 3.35. The summed E-state index contributed by atoms with van der Waals surface area (Å²) in [5.74, 6) is -1.90. The van der Waals surface area contributed by atoms with E-state index in [-0.39, 0.29) is 18.0 Å². The van der Waals surface area contributed by atoms with E-state index in [1.54, 1.807) is 12.1 Å². The number of ether oxygens (including phenoxy) is 1. The summed E-state index contributed by atoms with van der Waals surface area (Å²) < 4.78 is 5.01. The van der Waals surface area contributed by atoms with Gasteiger partial charge >= 0.3 is 12.0 Å². The number of rotatable bonds is 6. The highest BCUT2D eigenvalue weighted by atomic mass is 16.5. The lowest BCUT2D eigenvalue weighted by Gasteiger charge is -2.23. The van der Waals surface area contributed by atoms with Gasteiger partial charge in [-0.15, -0.1) is 0 Å². The van der Waals surface area contributed by atoms with Crippen LogP contribution < -0.4 is 16.0 Å². The first-order valence-electron chi connectivity index (χ1n) is 10.8. The molecule has 4 amide bonds. The van der Waals surface area contributed by atoms with E-state index in [9.17, 15) is 19.2 Å². The van der Waals surface area contributed by atoms with Crippen LogP contribution in [0.3, 0.4) is 0 Å². The van der Waals surface area contributed by atoms with Crippen LogP contribution >= 0.6 is 0 Å². The molecule has 1 aliphatic rings. The topological polar surface area (TPSA) is 114 Å². The second-order valence-corrected chi connectivity index (χ2v) is 8.94. The van der Waals surface area contributed by atoms with Crippen molar-refractivity contribution in [3.05, 3.63) is 35.4 Å². The molecule has 0 saturated heterocycles. The largest absolute Gasteiger partial charge is 0.451 e. The van der Waals surface area contributed by atoms with Crippen molar-refractivity contribution in [3.63, 3.8) is 0 Å². The third-order valence-electron chi connectivity index (χ3n) is 5.26. The van der Waals surface area contributed by atoms with Gasteiger partial charge in [-0.05, 0) is 42.9 Å². The van der Waals surface area contributed by atoms with E-state index in [4.69, 9.17) is 4.74 Å². The maximum atomic E-state index is 12.2. The molecule has 1 unspecified atom stereocenters. The van der Waals surface area contributed by atoms with Gasteiger partial charge in [0.25, 0.3) is 11.8 Å². The maximum absolute atomic E-state index is 12.2. The van der Waals surface area contributed by atoms with Gasteiger partial charge in [0.05, 0.1) is 0 Å². The van der Waals surface area contributed by atoms with Crippen LogP contribution in [0.25, 0.3) is 0 Å². The number of benzene rings is 1. The first-order chi connectivity index (χ1) is 14.6. The highest BCUT2D eigenvalue weighted by Crippen LogP contribution is 2.22. The molecule has 0 radical (unpaired) electrons. The van der Waals surface area contributed by atoms with E-state index in [1.807, 2.05) is 12.1 Å². The monoisotopic (exact) mass is 431 g/mol. The Balaban J connectivity index is 1.73. The molecular formula is C23H33N3O5. The number of carbonyl (C=O) groups is 4. The van der Waals surface area contributed by atoms with Crippen molar-refractivity contribution in [1.29, 1.82) is 0 Å². The molecule has 170 valence electrons. The summed E-state index contributed by atoms with van der Waals surface area (Å²) in [5, 5.41) is 7.42. The lowest BCUT2D eigenvalue weighted by Crippen LogP contribution is -2.48. The van der Waals surface area contributed by atoms with Crippen LogP contribution in [0.4, 0.5) is 4.79 Å². The minimum Gasteiger partial charge on any atom is -0.451 e. The summed E-state index contributed by atoms with van der Waals surface area (Å²) in [7, 11) is 0. The zero-order valence-corrected chi connectivity index (χ0v) is 18.7. The van der Waals surface area contributed by atoms with Crippen molar-refractivity contribution >= 4 is 23.8 Å². The van der Waals surface area contributed by atoms with Gasteiger partial charge in [-0.2, -0.15) is 0 Å². The number of hydrogen-bond acceptors (Lipinski definition) is 5. The van der Waals surface area contributed by atoms with Crippen molar-refractivity contribution in [3.8, 4) is 0 Å². The summed E-state index contributed by atoms with van der Waals surface area (Å²) in [6.07, 6.45) is 3.89. The smallest absolute Gasteiger partial charge is 0.326 e. The number of nitrogens with one attached hydrogen (secondary N) is 3. The quantitative estimate of drug-likeness (QED) is 0.600. The second kappa shape index (κ2) is 10.9. The van der Waals surface area contributed by atoms with Crippen LogP contribution in [0, 0.1) is 0 Å². The molecule has 31 heavy (non-hydrogen) atoms. The van der Waals surface area contributed by atoms with E-state index >= 15 is 0 Å². The summed E-state index contributed by atoms with van der Waals surface area (Å²) in [6.45, 7) is 7.22. The van der Waals surface area contributed by atoms with E-state index in [1.165, 1.54) is 6.92 Å². The Morgan fingerprint density at radius 1 is 1.03 bits per heavy atom. The molecule has 0 aromatic heterocycles. The van der Waals surface area contributed by atoms with Gasteiger partial charge < -0.3 is 15.4 Å². The Kier molecular flexibility index (Phi) is 8.59. The molecule has 0 bridgehead atoms. The van der Waals surface area contributed by atoms with Crippen LogP contribution in [-0.2, 0) is 19.7 Å². The Morgan fingerprint density at radius 3 is 2.23 bits per heavy atom. The van der Waals surface area contributed by atoms with Crippen molar-refractivity contribution in [2.75, 3.05) is 6.54 Å². The number of esters is 1. The first-order valence-corrected chi connectivity index (χ1v) is 10.8. The first kappa shape index (κ1) is 24.4. The van der Waals surface area contributed by atoms with Crippen molar-refractivity contribution in [1.82, 2.24) is 16.0 Å². The normalized spacial score (nSPS) is 15.5. The average molecular weight is 432 g/mol. The van der Waals surface area contributed by atoms with Gasteiger partial charge in [-0.1, -0.05) is 52.2 Å². The molecule has 1 aliphatic carbocycles. The van der Waals surface area contributed by atoms with E-state index in [2.05, 4.69) is 36.7 Å². The van der Waals surface area contributed by atoms with Crippen LogP contribution in [0.1, 0.15) is 75.7 Å². The average Bonchev–Trinajstić information content (AvgIpc) is 2.72. The van der Waals surface area contributed by atoms with Crippen LogP contribution in [0.2, 0.25) is 0 Å². The molecule has 8 nitrogen and oxygen atoms in total. The predicted octanol–water partition coefficient (Wildman–Crippen LogP) is 2.80. The third kappa shape index (κ3) is 8.03. The Morgan fingerprint density at radius 2 is 1.65 bits per heavy atom. The number of amides is 4. The fraction of sp³-hybridized carbons (Fsp3) is 0.565. The molecule has 2 rings (SSSR count). The minimum absolute atomic E-state index is 0.0250. The molecule has 0 heterocycles. The summed E-state index contributed by atoms with van der Waals surface area (Å²) in [4.78, 5) is 48.2. The molecule has 0 spiro atoms. The summed E-state index contributed by atoms with van der Waals surface area (Å²) in [6, 6.07) is 6.61. The molecule has 1 atom stereocenters. The highest BCUT2D eigenvalue weighted by Gasteiger charge is 2.22. The molecule has 3 N–H and O–H groups in total. The van der Waals surface area contributed by atoms with Crippen molar-refractivity contribution in [2.24, 2.45) is 0 Å². The molecule has 1 fully saturated rings. The van der Waals surface area contributed by atoms with E-state index in [0.717, 1.165) is 37.7 Å². The fourth-order valence-electron chi connectivity index (χ4n) is 3.35. The number of urea groups is 1. The molecule has 1 aromatic carbocycles. The molecular weight excluding hydrogens is 398 g/mol. The summed E-state index contributed by atoms with van der Waals surface area (Å²) in [5.41, 5.74) is 1.49. The predicted molar refractivity (Wildman–Crippen MR) is 117 cm³/mol. The number of hydrogen-bond donors (Lipinski definition) is 3. The summed E-state index contributed by atoms with van der Waals surface area (Å²) >= 11 is 0. The van der Waals surface area contributed by atoms with Crippen LogP contribution in [0.5, 0.6) is 0 Å². The van der Waals surface area contributed by atoms with Gasteiger partial charge in [0.15, 0.2) is 6.10 Å². The Hall–Kier alpha value is -2.90.